The molecule has 24 heavy (non-hydrogen) atoms. The predicted octanol–water partition coefficient (Wildman–Crippen LogP) is 1.87. The fourth-order valence-corrected chi connectivity index (χ4v) is 4.41. The molecule has 0 aromatic rings. The maximum Gasteiger partial charge on any atom is 0.237 e. The van der Waals surface area contributed by atoms with E-state index in [1.54, 1.807) is 0 Å². The lowest BCUT2D eigenvalue weighted by atomic mass is 9.94. The molecule has 0 spiro atoms. The van der Waals surface area contributed by atoms with Crippen molar-refractivity contribution < 1.29 is 9.53 Å². The fraction of sp³-hybridized carbons (Fsp3) is 0.947. The van der Waals surface area contributed by atoms with Gasteiger partial charge in [-0.1, -0.05) is 19.3 Å². The summed E-state index contributed by atoms with van der Waals surface area (Å²) in [6.45, 7) is 9.36. The van der Waals surface area contributed by atoms with Gasteiger partial charge in [-0.15, -0.1) is 0 Å². The minimum Gasteiger partial charge on any atom is -0.379 e. The summed E-state index contributed by atoms with van der Waals surface area (Å²) in [5, 5.41) is 3.29. The minimum atomic E-state index is 0.0243. The van der Waals surface area contributed by atoms with Crippen LogP contribution in [0.3, 0.4) is 0 Å². The van der Waals surface area contributed by atoms with Crippen molar-refractivity contribution in [2.75, 3.05) is 45.9 Å². The van der Waals surface area contributed by atoms with Gasteiger partial charge in [-0.25, -0.2) is 0 Å². The Kier molecular flexibility index (Phi) is 6.93. The quantitative estimate of drug-likeness (QED) is 0.832. The highest BCUT2D eigenvalue weighted by Gasteiger charge is 2.29. The first-order chi connectivity index (χ1) is 11.7. The molecule has 3 fully saturated rings. The van der Waals surface area contributed by atoms with Gasteiger partial charge >= 0.3 is 0 Å². The van der Waals surface area contributed by atoms with Crippen LogP contribution in [-0.4, -0.2) is 73.7 Å². The van der Waals surface area contributed by atoms with Gasteiger partial charge in [0.05, 0.1) is 19.3 Å². The van der Waals surface area contributed by atoms with Crippen LogP contribution >= 0.6 is 0 Å². The molecular weight excluding hydrogens is 302 g/mol. The fourth-order valence-electron chi connectivity index (χ4n) is 4.41. The number of nitrogens with zero attached hydrogens (tertiary/aromatic N) is 2. The second-order valence-electron chi connectivity index (χ2n) is 7.91. The Bertz CT molecular complexity index is 384. The van der Waals surface area contributed by atoms with Gasteiger partial charge in [-0.05, 0) is 51.6 Å². The lowest BCUT2D eigenvalue weighted by Gasteiger charge is -2.38. The molecule has 0 aromatic carbocycles. The second kappa shape index (κ2) is 9.16. The summed E-state index contributed by atoms with van der Waals surface area (Å²) in [6.07, 6.45) is 8.65. The largest absolute Gasteiger partial charge is 0.379 e. The van der Waals surface area contributed by atoms with Crippen molar-refractivity contribution in [3.63, 3.8) is 0 Å². The number of rotatable bonds is 5. The molecule has 0 aromatic heterocycles. The molecule has 3 rings (SSSR count). The number of piperidine rings is 1. The van der Waals surface area contributed by atoms with Crippen LogP contribution in [0.1, 0.15) is 51.9 Å². The normalized spacial score (nSPS) is 27.0. The number of morpholine rings is 1. The highest BCUT2D eigenvalue weighted by molar-refractivity contribution is 5.81. The molecular formula is C19H35N3O2. The molecule has 1 aliphatic carbocycles. The molecule has 2 heterocycles. The summed E-state index contributed by atoms with van der Waals surface area (Å²) >= 11 is 0. The molecule has 0 bridgehead atoms. The monoisotopic (exact) mass is 337 g/mol. The van der Waals surface area contributed by atoms with Gasteiger partial charge in [-0.3, -0.25) is 14.6 Å². The number of carbonyl (C=O) groups is 1. The number of carbonyl (C=O) groups excluding carboxylic acids is 1. The Morgan fingerprint density at radius 3 is 2.38 bits per heavy atom. The first kappa shape index (κ1) is 18.2. The van der Waals surface area contributed by atoms with E-state index in [1.807, 2.05) is 0 Å². The van der Waals surface area contributed by atoms with Crippen LogP contribution in [0, 0.1) is 5.92 Å². The van der Waals surface area contributed by atoms with E-state index in [4.69, 9.17) is 4.74 Å². The zero-order chi connectivity index (χ0) is 16.8. The van der Waals surface area contributed by atoms with Gasteiger partial charge in [0.25, 0.3) is 0 Å². The number of amides is 1. The van der Waals surface area contributed by atoms with Gasteiger partial charge in [0.15, 0.2) is 0 Å². The van der Waals surface area contributed by atoms with Crippen LogP contribution < -0.4 is 5.32 Å². The van der Waals surface area contributed by atoms with Gasteiger partial charge < -0.3 is 10.1 Å². The van der Waals surface area contributed by atoms with Crippen molar-refractivity contribution in [1.29, 1.82) is 0 Å². The molecule has 0 unspecified atom stereocenters. The van der Waals surface area contributed by atoms with Crippen LogP contribution in [0.4, 0.5) is 0 Å². The number of hydrogen-bond acceptors (Lipinski definition) is 4. The van der Waals surface area contributed by atoms with E-state index in [9.17, 15) is 4.79 Å². The number of likely N-dealkylation sites (tertiary alicyclic amines) is 1. The van der Waals surface area contributed by atoms with Crippen molar-refractivity contribution in [3.05, 3.63) is 0 Å². The Balaban J connectivity index is 1.37. The van der Waals surface area contributed by atoms with Crippen LogP contribution in [0.25, 0.3) is 0 Å². The molecule has 1 N–H and O–H groups in total. The van der Waals surface area contributed by atoms with E-state index in [0.717, 1.165) is 45.3 Å². The highest BCUT2D eigenvalue weighted by atomic mass is 16.5. The number of hydrogen-bond donors (Lipinski definition) is 1. The highest BCUT2D eigenvalue weighted by Crippen LogP contribution is 2.22. The van der Waals surface area contributed by atoms with E-state index >= 15 is 0 Å². The van der Waals surface area contributed by atoms with Crippen LogP contribution in [0.5, 0.6) is 0 Å². The lowest BCUT2D eigenvalue weighted by Crippen LogP contribution is -2.51. The standard InChI is InChI=1S/C19H35N3O2/c1-16(19(23)20-18-5-3-2-4-6-18)22-9-7-17(8-10-22)15-21-11-13-24-14-12-21/h16-18H,2-15H2,1H3,(H,20,23)/t16-/m0/s1. The van der Waals surface area contributed by atoms with Crippen LogP contribution in [0.2, 0.25) is 0 Å². The van der Waals surface area contributed by atoms with E-state index < -0.39 is 0 Å². The minimum absolute atomic E-state index is 0.0243. The molecule has 1 amide bonds. The van der Waals surface area contributed by atoms with Crippen molar-refractivity contribution in [2.45, 2.75) is 64.0 Å². The summed E-state index contributed by atoms with van der Waals surface area (Å²) in [5.41, 5.74) is 0. The average Bonchev–Trinajstić information content (AvgIpc) is 2.63. The summed E-state index contributed by atoms with van der Waals surface area (Å²) in [7, 11) is 0. The predicted molar refractivity (Wildman–Crippen MR) is 96.0 cm³/mol. The summed E-state index contributed by atoms with van der Waals surface area (Å²) < 4.78 is 5.43. The van der Waals surface area contributed by atoms with Gasteiger partial charge in [-0.2, -0.15) is 0 Å². The maximum atomic E-state index is 12.5. The molecule has 3 aliphatic rings. The first-order valence-electron chi connectivity index (χ1n) is 10.1. The van der Waals surface area contributed by atoms with Gasteiger partial charge in [0, 0.05) is 25.7 Å². The molecule has 1 saturated carbocycles. The van der Waals surface area contributed by atoms with E-state index in [2.05, 4.69) is 22.0 Å². The Morgan fingerprint density at radius 2 is 1.71 bits per heavy atom. The van der Waals surface area contributed by atoms with Crippen molar-refractivity contribution in [3.8, 4) is 0 Å². The first-order valence-corrected chi connectivity index (χ1v) is 10.1. The maximum absolute atomic E-state index is 12.5. The Morgan fingerprint density at radius 1 is 1.04 bits per heavy atom. The van der Waals surface area contributed by atoms with E-state index in [-0.39, 0.29) is 11.9 Å². The summed E-state index contributed by atoms with van der Waals surface area (Å²) in [4.78, 5) is 17.5. The molecule has 5 heteroatoms. The van der Waals surface area contributed by atoms with Crippen molar-refractivity contribution >= 4 is 5.91 Å². The second-order valence-corrected chi connectivity index (χ2v) is 7.91. The van der Waals surface area contributed by atoms with Crippen LogP contribution in [0.15, 0.2) is 0 Å². The molecule has 2 aliphatic heterocycles. The molecule has 138 valence electrons. The van der Waals surface area contributed by atoms with Crippen molar-refractivity contribution in [1.82, 2.24) is 15.1 Å². The van der Waals surface area contributed by atoms with Gasteiger partial charge in [0.2, 0.25) is 5.91 Å². The Hall–Kier alpha value is -0.650. The van der Waals surface area contributed by atoms with Crippen LogP contribution in [-0.2, 0) is 9.53 Å². The molecule has 1 atom stereocenters. The molecule has 0 radical (unpaired) electrons. The summed E-state index contributed by atoms with van der Waals surface area (Å²) in [6, 6.07) is 0.448. The third-order valence-electron chi connectivity index (χ3n) is 6.15. The number of ether oxygens (including phenoxy) is 1. The lowest BCUT2D eigenvalue weighted by molar-refractivity contribution is -0.127. The SMILES string of the molecule is C[C@@H](C(=O)NC1CCCCC1)N1CCC(CN2CCOCC2)CC1. The van der Waals surface area contributed by atoms with Gasteiger partial charge in [0.1, 0.15) is 0 Å². The topological polar surface area (TPSA) is 44.8 Å². The Labute approximate surface area is 147 Å². The third kappa shape index (κ3) is 5.17. The molecule has 5 nitrogen and oxygen atoms in total. The zero-order valence-electron chi connectivity index (χ0n) is 15.3. The third-order valence-corrected chi connectivity index (χ3v) is 6.15. The smallest absolute Gasteiger partial charge is 0.237 e. The number of nitrogens with one attached hydrogen (secondary N) is 1. The van der Waals surface area contributed by atoms with Crippen molar-refractivity contribution in [2.24, 2.45) is 5.92 Å². The van der Waals surface area contributed by atoms with E-state index in [0.29, 0.717) is 6.04 Å². The molecule has 2 saturated heterocycles. The summed E-state index contributed by atoms with van der Waals surface area (Å²) in [5.74, 6) is 1.03. The van der Waals surface area contributed by atoms with E-state index in [1.165, 1.54) is 51.5 Å². The average molecular weight is 338 g/mol. The zero-order valence-corrected chi connectivity index (χ0v) is 15.3.